The first-order valence-corrected chi connectivity index (χ1v) is 10.4. The van der Waals surface area contributed by atoms with Gasteiger partial charge >= 0.3 is 0 Å². The van der Waals surface area contributed by atoms with Crippen molar-refractivity contribution in [2.45, 2.75) is 51.6 Å². The number of nitrogens with one attached hydrogen (secondary N) is 1. The first-order chi connectivity index (χ1) is 13.1. The fraction of sp³-hybridized carbons (Fsp3) is 0.526. The topological polar surface area (TPSA) is 104 Å². The monoisotopic (exact) mass is 389 g/mol. The number of hydrogen-bond donors (Lipinski definition) is 3. The van der Waals surface area contributed by atoms with E-state index in [2.05, 4.69) is 22.2 Å². The second kappa shape index (κ2) is 9.14. The van der Waals surface area contributed by atoms with Crippen LogP contribution in [0.4, 0.5) is 11.8 Å². The molecule has 8 heteroatoms. The minimum Gasteiger partial charge on any atom is -0.396 e. The normalized spacial score (nSPS) is 14.7. The van der Waals surface area contributed by atoms with Gasteiger partial charge < -0.3 is 21.1 Å². The van der Waals surface area contributed by atoms with Gasteiger partial charge in [-0.25, -0.2) is 4.98 Å². The number of aliphatic hydroxyl groups excluding tert-OH is 1. The van der Waals surface area contributed by atoms with Crippen LogP contribution in [0.5, 0.6) is 0 Å². The van der Waals surface area contributed by atoms with Crippen LogP contribution >= 0.6 is 11.3 Å². The van der Waals surface area contributed by atoms with E-state index in [9.17, 15) is 9.90 Å². The molecule has 0 saturated heterocycles. The number of nitrogen functional groups attached to an aromatic ring is 1. The lowest BCUT2D eigenvalue weighted by molar-refractivity contribution is 0.0739. The second-order valence-corrected chi connectivity index (χ2v) is 7.75. The van der Waals surface area contributed by atoms with Crippen molar-refractivity contribution in [1.29, 1.82) is 0 Å². The van der Waals surface area contributed by atoms with Crippen LogP contribution in [0.15, 0.2) is 17.5 Å². The molecule has 1 unspecified atom stereocenters. The van der Waals surface area contributed by atoms with E-state index < -0.39 is 0 Å². The maximum atomic E-state index is 12.7. The summed E-state index contributed by atoms with van der Waals surface area (Å²) in [6, 6.07) is 3.86. The molecule has 1 atom stereocenters. The van der Waals surface area contributed by atoms with E-state index in [-0.39, 0.29) is 24.5 Å². The van der Waals surface area contributed by atoms with Gasteiger partial charge in [0.25, 0.3) is 5.91 Å². The van der Waals surface area contributed by atoms with Crippen molar-refractivity contribution in [3.63, 3.8) is 0 Å². The molecule has 2 aromatic heterocycles. The van der Waals surface area contributed by atoms with Crippen LogP contribution in [0.3, 0.4) is 0 Å². The van der Waals surface area contributed by atoms with Gasteiger partial charge in [-0.2, -0.15) is 4.98 Å². The molecule has 1 aliphatic heterocycles. The van der Waals surface area contributed by atoms with Gasteiger partial charge in [0.1, 0.15) is 5.82 Å². The van der Waals surface area contributed by atoms with Gasteiger partial charge in [0, 0.05) is 31.2 Å². The highest BCUT2D eigenvalue weighted by Crippen LogP contribution is 2.27. The number of carbonyl (C=O) groups is 1. The quantitative estimate of drug-likeness (QED) is 0.641. The Bertz CT molecular complexity index is 766. The van der Waals surface area contributed by atoms with Crippen molar-refractivity contribution < 1.29 is 9.90 Å². The Morgan fingerprint density at radius 3 is 3.00 bits per heavy atom. The van der Waals surface area contributed by atoms with Crippen LogP contribution in [-0.4, -0.2) is 45.1 Å². The Balaban J connectivity index is 1.82. The van der Waals surface area contributed by atoms with E-state index in [1.165, 1.54) is 11.3 Å². The molecule has 0 aromatic carbocycles. The lowest BCUT2D eigenvalue weighted by Crippen LogP contribution is -2.37. The molecule has 27 heavy (non-hydrogen) atoms. The number of amides is 1. The number of nitrogens with zero attached hydrogens (tertiary/aromatic N) is 3. The third-order valence-corrected chi connectivity index (χ3v) is 5.68. The number of carbonyl (C=O) groups excluding carboxylic acids is 1. The molecule has 4 N–H and O–H groups in total. The number of anilines is 2. The summed E-state index contributed by atoms with van der Waals surface area (Å²) in [4.78, 5) is 24.1. The lowest BCUT2D eigenvalue weighted by atomic mass is 10.0. The van der Waals surface area contributed by atoms with Gasteiger partial charge in [0.05, 0.1) is 17.1 Å². The molecule has 146 valence electrons. The minimum atomic E-state index is 0.0383. The number of aliphatic hydroxyl groups is 1. The number of hydrogen-bond acceptors (Lipinski definition) is 7. The van der Waals surface area contributed by atoms with Gasteiger partial charge in [0.15, 0.2) is 0 Å². The molecular weight excluding hydrogens is 362 g/mol. The van der Waals surface area contributed by atoms with E-state index in [4.69, 9.17) is 5.73 Å². The van der Waals surface area contributed by atoms with Crippen LogP contribution < -0.4 is 11.1 Å². The fourth-order valence-corrected chi connectivity index (χ4v) is 4.06. The molecule has 0 fully saturated rings. The first-order valence-electron chi connectivity index (χ1n) is 9.47. The Hall–Kier alpha value is -2.19. The van der Waals surface area contributed by atoms with E-state index in [1.54, 1.807) is 0 Å². The molecule has 1 amide bonds. The highest BCUT2D eigenvalue weighted by atomic mass is 32.1. The average molecular weight is 390 g/mol. The Morgan fingerprint density at radius 1 is 1.44 bits per heavy atom. The van der Waals surface area contributed by atoms with E-state index in [1.807, 2.05) is 22.4 Å². The van der Waals surface area contributed by atoms with Gasteiger partial charge in [-0.15, -0.1) is 11.3 Å². The van der Waals surface area contributed by atoms with Crippen molar-refractivity contribution in [1.82, 2.24) is 14.9 Å². The zero-order chi connectivity index (χ0) is 19.2. The van der Waals surface area contributed by atoms with Crippen LogP contribution in [0.25, 0.3) is 0 Å². The van der Waals surface area contributed by atoms with Gasteiger partial charge in [-0.05, 0) is 24.3 Å². The lowest BCUT2D eigenvalue weighted by Gasteiger charge is -2.30. The zero-order valence-electron chi connectivity index (χ0n) is 15.6. The number of unbranched alkanes of at least 4 members (excludes halogenated alkanes) is 1. The van der Waals surface area contributed by atoms with Crippen molar-refractivity contribution in [2.24, 2.45) is 0 Å². The van der Waals surface area contributed by atoms with E-state index in [0.717, 1.165) is 35.4 Å². The third kappa shape index (κ3) is 4.75. The van der Waals surface area contributed by atoms with E-state index in [0.29, 0.717) is 31.7 Å². The molecule has 3 rings (SSSR count). The highest BCUT2D eigenvalue weighted by molar-refractivity contribution is 7.12. The van der Waals surface area contributed by atoms with Gasteiger partial charge in [0.2, 0.25) is 5.95 Å². The van der Waals surface area contributed by atoms with Gasteiger partial charge in [-0.3, -0.25) is 4.79 Å². The summed E-state index contributed by atoms with van der Waals surface area (Å²) in [5, 5.41) is 14.7. The Morgan fingerprint density at radius 2 is 2.30 bits per heavy atom. The maximum absolute atomic E-state index is 12.7. The summed E-state index contributed by atoms with van der Waals surface area (Å²) in [5.41, 5.74) is 7.75. The standard InChI is InChI=1S/C19H27N5O2S/c1-2-3-5-13(8-10-25)21-17-14-12-24(18(26)16-6-4-11-27-16)9-7-15(14)22-19(20)23-17/h4,6,11,13,25H,2-3,5,7-10,12H2,1H3,(H3,20,21,22,23). The molecule has 1 aliphatic rings. The smallest absolute Gasteiger partial charge is 0.264 e. The molecule has 0 aliphatic carbocycles. The van der Waals surface area contributed by atoms with E-state index >= 15 is 0 Å². The predicted octanol–water partition coefficient (Wildman–Crippen LogP) is 2.67. The van der Waals surface area contributed by atoms with Crippen molar-refractivity contribution in [3.8, 4) is 0 Å². The van der Waals surface area contributed by atoms with Crippen molar-refractivity contribution in [3.05, 3.63) is 33.6 Å². The zero-order valence-corrected chi connectivity index (χ0v) is 16.5. The molecule has 3 heterocycles. The summed E-state index contributed by atoms with van der Waals surface area (Å²) in [6.45, 7) is 3.35. The van der Waals surface area contributed by atoms with Crippen LogP contribution in [0, 0.1) is 0 Å². The molecule has 0 radical (unpaired) electrons. The summed E-state index contributed by atoms with van der Waals surface area (Å²) in [7, 11) is 0. The maximum Gasteiger partial charge on any atom is 0.264 e. The summed E-state index contributed by atoms with van der Waals surface area (Å²) in [6.07, 6.45) is 4.43. The average Bonchev–Trinajstić information content (AvgIpc) is 3.20. The Labute approximate surface area is 163 Å². The largest absolute Gasteiger partial charge is 0.396 e. The number of thiophene rings is 1. The number of nitrogens with two attached hydrogens (primary N) is 1. The molecule has 0 spiro atoms. The molecule has 0 saturated carbocycles. The molecule has 2 aromatic rings. The summed E-state index contributed by atoms with van der Waals surface area (Å²) in [5.74, 6) is 0.972. The number of rotatable bonds is 8. The third-order valence-electron chi connectivity index (χ3n) is 4.82. The van der Waals surface area contributed by atoms with Crippen LogP contribution in [0.2, 0.25) is 0 Å². The van der Waals surface area contributed by atoms with Crippen LogP contribution in [-0.2, 0) is 13.0 Å². The van der Waals surface area contributed by atoms with Crippen LogP contribution in [0.1, 0.15) is 53.5 Å². The molecular formula is C19H27N5O2S. The summed E-state index contributed by atoms with van der Waals surface area (Å²) >= 11 is 1.45. The SMILES string of the molecule is CCCCC(CCO)Nc1nc(N)nc2c1CN(C(=O)c1cccs1)CC2. The summed E-state index contributed by atoms with van der Waals surface area (Å²) < 4.78 is 0. The predicted molar refractivity (Wildman–Crippen MR) is 108 cm³/mol. The Kier molecular flexibility index (Phi) is 6.63. The number of fused-ring (bicyclic) bond motifs is 1. The van der Waals surface area contributed by atoms with Gasteiger partial charge in [-0.1, -0.05) is 25.8 Å². The molecule has 7 nitrogen and oxygen atoms in total. The highest BCUT2D eigenvalue weighted by Gasteiger charge is 2.27. The number of aromatic nitrogens is 2. The van der Waals surface area contributed by atoms with Crippen molar-refractivity contribution >= 4 is 29.0 Å². The fourth-order valence-electron chi connectivity index (χ4n) is 3.37. The minimum absolute atomic E-state index is 0.0383. The second-order valence-electron chi connectivity index (χ2n) is 6.81. The molecule has 0 bridgehead atoms. The first kappa shape index (κ1) is 19.6. The van der Waals surface area contributed by atoms with Crippen molar-refractivity contribution in [2.75, 3.05) is 24.2 Å².